The van der Waals surface area contributed by atoms with Gasteiger partial charge in [0.15, 0.2) is 6.10 Å². The molecule has 0 spiro atoms. The fraction of sp³-hybridized carbons (Fsp3) is 0.500. The molecule has 8 nitrogen and oxygen atoms in total. The highest BCUT2D eigenvalue weighted by Crippen LogP contribution is 2.19. The van der Waals surface area contributed by atoms with Crippen molar-refractivity contribution in [2.45, 2.75) is 46.3 Å². The summed E-state index contributed by atoms with van der Waals surface area (Å²) in [5.74, 6) is -0.140. The lowest BCUT2D eigenvalue weighted by atomic mass is 10.1. The maximum absolute atomic E-state index is 12.6. The Balaban J connectivity index is 1.83. The minimum Gasteiger partial charge on any atom is -0.492 e. The van der Waals surface area contributed by atoms with Crippen LogP contribution in [0.1, 0.15) is 38.3 Å². The topological polar surface area (TPSA) is 94.5 Å². The van der Waals surface area contributed by atoms with E-state index in [-0.39, 0.29) is 18.9 Å². The lowest BCUT2D eigenvalue weighted by Gasteiger charge is -2.23. The fourth-order valence-electron chi connectivity index (χ4n) is 3.49. The van der Waals surface area contributed by atoms with Crippen molar-refractivity contribution in [2.24, 2.45) is 5.92 Å². The number of hydrogen-bond donors (Lipinski definition) is 1. The number of carbonyl (C=O) groups excluding carboxylic acids is 1. The first-order valence-electron chi connectivity index (χ1n) is 12.7. The molecular formula is C28H37Cl2NO7. The number of ether oxygens (including phenoxy) is 4. The van der Waals surface area contributed by atoms with Crippen LogP contribution in [0.4, 0.5) is 4.79 Å². The van der Waals surface area contributed by atoms with Crippen LogP contribution in [0.3, 0.4) is 0 Å². The molecular weight excluding hydrogens is 533 g/mol. The molecule has 0 fully saturated rings. The maximum Gasteiger partial charge on any atom is 0.409 e. The van der Waals surface area contributed by atoms with Crippen molar-refractivity contribution in [2.75, 3.05) is 39.5 Å². The van der Waals surface area contributed by atoms with Crippen LogP contribution < -0.4 is 4.74 Å². The van der Waals surface area contributed by atoms with Crippen LogP contribution in [-0.4, -0.2) is 67.7 Å². The van der Waals surface area contributed by atoms with Crippen LogP contribution in [0.15, 0.2) is 42.5 Å². The molecule has 2 rings (SSSR count). The Labute approximate surface area is 234 Å². The number of carboxylic acids is 1. The average Bonchev–Trinajstić information content (AvgIpc) is 2.86. The van der Waals surface area contributed by atoms with E-state index < -0.39 is 18.2 Å². The first-order valence-corrected chi connectivity index (χ1v) is 13.4. The molecule has 0 aliphatic heterocycles. The summed E-state index contributed by atoms with van der Waals surface area (Å²) in [5, 5.41) is 10.4. The van der Waals surface area contributed by atoms with Crippen LogP contribution in [0.5, 0.6) is 5.75 Å². The van der Waals surface area contributed by atoms with Crippen LogP contribution >= 0.6 is 23.2 Å². The largest absolute Gasteiger partial charge is 0.492 e. The standard InChI is InChI=1S/C28H37Cl2NO7/c1-4-36-26(27(32)33)16-21-6-8-25(9-7-21)37-13-11-31(28(34)38-18-20(2)3)10-5-12-35-19-22-14-23(29)17-24(30)15-22/h6-9,14-15,17,20,26H,4-5,10-13,16,18-19H2,1-3H3,(H,32,33). The van der Waals surface area contributed by atoms with E-state index >= 15 is 0 Å². The number of halogens is 2. The van der Waals surface area contributed by atoms with Gasteiger partial charge in [-0.25, -0.2) is 9.59 Å². The summed E-state index contributed by atoms with van der Waals surface area (Å²) in [6.45, 7) is 8.26. The highest BCUT2D eigenvalue weighted by atomic mass is 35.5. The number of amides is 1. The summed E-state index contributed by atoms with van der Waals surface area (Å²) in [6, 6.07) is 12.4. The van der Waals surface area contributed by atoms with Gasteiger partial charge in [0, 0.05) is 36.2 Å². The van der Waals surface area contributed by atoms with Crippen molar-refractivity contribution < 1.29 is 33.6 Å². The molecule has 10 heteroatoms. The molecule has 1 amide bonds. The molecule has 2 aromatic rings. The Kier molecular flexibility index (Phi) is 14.3. The third kappa shape index (κ3) is 12.3. The van der Waals surface area contributed by atoms with Crippen LogP contribution in [0, 0.1) is 5.92 Å². The summed E-state index contributed by atoms with van der Waals surface area (Å²) >= 11 is 12.1. The summed E-state index contributed by atoms with van der Waals surface area (Å²) in [4.78, 5) is 25.5. The lowest BCUT2D eigenvalue weighted by molar-refractivity contribution is -0.149. The van der Waals surface area contributed by atoms with Crippen LogP contribution in [0.2, 0.25) is 10.0 Å². The molecule has 1 N–H and O–H groups in total. The summed E-state index contributed by atoms with van der Waals surface area (Å²) in [5.41, 5.74) is 1.71. The van der Waals surface area contributed by atoms with Gasteiger partial charge in [-0.1, -0.05) is 49.2 Å². The number of aliphatic carboxylic acids is 1. The monoisotopic (exact) mass is 569 g/mol. The number of benzene rings is 2. The number of carboxylic acid groups (broad SMARTS) is 1. The molecule has 1 atom stereocenters. The highest BCUT2D eigenvalue weighted by molar-refractivity contribution is 6.34. The Morgan fingerprint density at radius 2 is 1.66 bits per heavy atom. The number of nitrogens with zero attached hydrogens (tertiary/aromatic N) is 1. The molecule has 38 heavy (non-hydrogen) atoms. The van der Waals surface area contributed by atoms with Crippen molar-refractivity contribution in [1.82, 2.24) is 4.90 Å². The van der Waals surface area contributed by atoms with Crippen LogP contribution in [0.25, 0.3) is 0 Å². The molecule has 2 aromatic carbocycles. The Morgan fingerprint density at radius 1 is 0.974 bits per heavy atom. The molecule has 0 aromatic heterocycles. The van der Waals surface area contributed by atoms with E-state index in [2.05, 4.69) is 0 Å². The lowest BCUT2D eigenvalue weighted by Crippen LogP contribution is -2.37. The number of hydrogen-bond acceptors (Lipinski definition) is 6. The van der Waals surface area contributed by atoms with E-state index in [1.807, 2.05) is 26.0 Å². The molecule has 0 saturated heterocycles. The van der Waals surface area contributed by atoms with E-state index in [0.717, 1.165) is 11.1 Å². The van der Waals surface area contributed by atoms with Crippen molar-refractivity contribution in [3.63, 3.8) is 0 Å². The van der Waals surface area contributed by atoms with Crippen LogP contribution in [-0.2, 0) is 32.0 Å². The summed E-state index contributed by atoms with van der Waals surface area (Å²) in [6.07, 6.45) is -0.394. The van der Waals surface area contributed by atoms with Gasteiger partial charge >= 0.3 is 12.1 Å². The Morgan fingerprint density at radius 3 is 2.26 bits per heavy atom. The maximum atomic E-state index is 12.6. The van der Waals surface area contributed by atoms with Gasteiger partial charge in [-0.2, -0.15) is 0 Å². The molecule has 0 saturated carbocycles. The van der Waals surface area contributed by atoms with Gasteiger partial charge in [-0.15, -0.1) is 0 Å². The minimum atomic E-state index is -0.990. The van der Waals surface area contributed by atoms with E-state index in [1.165, 1.54) is 0 Å². The minimum absolute atomic E-state index is 0.229. The summed E-state index contributed by atoms with van der Waals surface area (Å²) in [7, 11) is 0. The smallest absolute Gasteiger partial charge is 0.409 e. The summed E-state index contributed by atoms with van der Waals surface area (Å²) < 4.78 is 22.2. The normalized spacial score (nSPS) is 11.8. The zero-order chi connectivity index (χ0) is 27.9. The first-order chi connectivity index (χ1) is 18.2. The predicted molar refractivity (Wildman–Crippen MR) is 147 cm³/mol. The predicted octanol–water partition coefficient (Wildman–Crippen LogP) is 6.11. The molecule has 210 valence electrons. The zero-order valence-corrected chi connectivity index (χ0v) is 23.7. The van der Waals surface area contributed by atoms with E-state index in [1.54, 1.807) is 42.2 Å². The first kappa shape index (κ1) is 31.7. The van der Waals surface area contributed by atoms with Crippen molar-refractivity contribution in [3.05, 3.63) is 63.6 Å². The Bertz CT molecular complexity index is 981. The molecule has 0 radical (unpaired) electrons. The van der Waals surface area contributed by atoms with Crippen molar-refractivity contribution in [3.8, 4) is 5.75 Å². The SMILES string of the molecule is CCOC(Cc1ccc(OCCN(CCCOCc2cc(Cl)cc(Cl)c2)C(=O)OCC(C)C)cc1)C(=O)O. The second kappa shape index (κ2) is 17.1. The molecule has 1 unspecified atom stereocenters. The van der Waals surface area contributed by atoms with Gasteiger partial charge in [0.25, 0.3) is 0 Å². The number of carbonyl (C=O) groups is 2. The van der Waals surface area contributed by atoms with Gasteiger partial charge in [0.2, 0.25) is 0 Å². The second-order valence-corrected chi connectivity index (χ2v) is 9.99. The molecule has 0 aliphatic carbocycles. The van der Waals surface area contributed by atoms with Gasteiger partial charge in [-0.05, 0) is 60.7 Å². The van der Waals surface area contributed by atoms with E-state index in [9.17, 15) is 14.7 Å². The molecule has 0 bridgehead atoms. The van der Waals surface area contributed by atoms with Crippen molar-refractivity contribution in [1.29, 1.82) is 0 Å². The van der Waals surface area contributed by atoms with Crippen molar-refractivity contribution >= 4 is 35.3 Å². The zero-order valence-electron chi connectivity index (χ0n) is 22.2. The van der Waals surface area contributed by atoms with E-state index in [0.29, 0.717) is 61.7 Å². The van der Waals surface area contributed by atoms with Gasteiger partial charge in [0.05, 0.1) is 19.8 Å². The highest BCUT2D eigenvalue weighted by Gasteiger charge is 2.18. The number of rotatable bonds is 17. The quantitative estimate of drug-likeness (QED) is 0.230. The van der Waals surface area contributed by atoms with Gasteiger partial charge in [0.1, 0.15) is 12.4 Å². The molecule has 0 aliphatic rings. The van der Waals surface area contributed by atoms with E-state index in [4.69, 9.17) is 42.1 Å². The fourth-order valence-corrected chi connectivity index (χ4v) is 4.06. The van der Waals surface area contributed by atoms with Gasteiger partial charge in [-0.3, -0.25) is 0 Å². The average molecular weight is 571 g/mol. The Hall–Kier alpha value is -2.52. The third-order valence-electron chi connectivity index (χ3n) is 5.32. The molecule has 0 heterocycles. The second-order valence-electron chi connectivity index (χ2n) is 9.12. The van der Waals surface area contributed by atoms with Gasteiger partial charge < -0.3 is 29.0 Å². The third-order valence-corrected chi connectivity index (χ3v) is 5.76.